The van der Waals surface area contributed by atoms with Gasteiger partial charge in [-0.15, -0.1) is 0 Å². The summed E-state index contributed by atoms with van der Waals surface area (Å²) >= 11 is 11.5. The van der Waals surface area contributed by atoms with Gasteiger partial charge in [0.15, 0.2) is 9.84 Å². The summed E-state index contributed by atoms with van der Waals surface area (Å²) in [5.41, 5.74) is -0.0333. The van der Waals surface area contributed by atoms with Crippen LogP contribution in [-0.4, -0.2) is 27.8 Å². The van der Waals surface area contributed by atoms with Crippen molar-refractivity contribution >= 4 is 39.0 Å². The van der Waals surface area contributed by atoms with Crippen LogP contribution in [0.5, 0.6) is 0 Å². The Morgan fingerprint density at radius 3 is 2.25 bits per heavy atom. The van der Waals surface area contributed by atoms with Crippen LogP contribution in [0.3, 0.4) is 0 Å². The first-order valence-electron chi connectivity index (χ1n) is 4.04. The zero-order chi connectivity index (χ0) is 12.5. The number of hydrogen-bond acceptors (Lipinski definition) is 4. The molecular weight excluding hydrogens is 275 g/mol. The molecule has 0 unspecified atom stereocenters. The van der Waals surface area contributed by atoms with Gasteiger partial charge < -0.3 is 4.74 Å². The van der Waals surface area contributed by atoms with Crippen LogP contribution in [-0.2, 0) is 14.6 Å². The molecule has 0 aliphatic rings. The number of hydrogen-bond donors (Lipinski definition) is 0. The molecule has 0 heterocycles. The van der Waals surface area contributed by atoms with Gasteiger partial charge in [-0.1, -0.05) is 23.2 Å². The Morgan fingerprint density at radius 1 is 1.25 bits per heavy atom. The van der Waals surface area contributed by atoms with Crippen molar-refractivity contribution < 1.29 is 17.9 Å². The molecule has 0 aromatic heterocycles. The third-order valence-corrected chi connectivity index (χ3v) is 3.70. The average molecular weight is 283 g/mol. The molecule has 0 N–H and O–H groups in total. The van der Waals surface area contributed by atoms with Gasteiger partial charge in [-0.25, -0.2) is 13.2 Å². The van der Waals surface area contributed by atoms with Crippen LogP contribution in [0.4, 0.5) is 0 Å². The minimum absolute atomic E-state index is 0.0276. The molecule has 1 aromatic rings. The van der Waals surface area contributed by atoms with Crippen molar-refractivity contribution in [2.24, 2.45) is 0 Å². The first kappa shape index (κ1) is 13.3. The number of halogens is 2. The number of benzene rings is 1. The van der Waals surface area contributed by atoms with Crippen LogP contribution in [0.25, 0.3) is 0 Å². The van der Waals surface area contributed by atoms with Crippen molar-refractivity contribution in [3.05, 3.63) is 27.7 Å². The fourth-order valence-electron chi connectivity index (χ4n) is 1.08. The zero-order valence-electron chi connectivity index (χ0n) is 8.45. The van der Waals surface area contributed by atoms with E-state index in [-0.39, 0.29) is 20.5 Å². The summed E-state index contributed by atoms with van der Waals surface area (Å²) in [6.45, 7) is 0. The minimum atomic E-state index is -3.51. The van der Waals surface area contributed by atoms with E-state index in [1.54, 1.807) is 0 Å². The van der Waals surface area contributed by atoms with E-state index in [0.717, 1.165) is 12.3 Å². The topological polar surface area (TPSA) is 60.4 Å². The summed E-state index contributed by atoms with van der Waals surface area (Å²) in [4.78, 5) is 11.1. The molecule has 7 heteroatoms. The molecule has 1 aromatic carbocycles. The van der Waals surface area contributed by atoms with E-state index in [9.17, 15) is 13.2 Å². The number of carbonyl (C=O) groups is 1. The monoisotopic (exact) mass is 282 g/mol. The number of methoxy groups -OCH3 is 1. The smallest absolute Gasteiger partial charge is 0.339 e. The normalized spacial score (nSPS) is 11.2. The number of esters is 1. The molecule has 0 atom stereocenters. The van der Waals surface area contributed by atoms with Crippen molar-refractivity contribution in [3.63, 3.8) is 0 Å². The maximum atomic E-state index is 11.3. The van der Waals surface area contributed by atoms with E-state index >= 15 is 0 Å². The summed E-state index contributed by atoms with van der Waals surface area (Å²) in [5.74, 6) is -0.716. The third-order valence-electron chi connectivity index (χ3n) is 1.83. The van der Waals surface area contributed by atoms with Crippen molar-refractivity contribution in [1.29, 1.82) is 0 Å². The summed E-state index contributed by atoms with van der Waals surface area (Å²) < 4.78 is 27.2. The van der Waals surface area contributed by atoms with Gasteiger partial charge in [-0.2, -0.15) is 0 Å². The van der Waals surface area contributed by atoms with Gasteiger partial charge in [-0.05, 0) is 12.1 Å². The molecule has 0 fully saturated rings. The summed E-state index contributed by atoms with van der Waals surface area (Å²) in [5, 5.41) is 0.0180. The fourth-order valence-corrected chi connectivity index (χ4v) is 2.71. The predicted molar refractivity (Wildman–Crippen MR) is 60.9 cm³/mol. The Balaban J connectivity index is 3.51. The maximum Gasteiger partial charge on any atom is 0.339 e. The maximum absolute atomic E-state index is 11.3. The largest absolute Gasteiger partial charge is 0.465 e. The van der Waals surface area contributed by atoms with Crippen LogP contribution in [0.1, 0.15) is 10.4 Å². The second-order valence-electron chi connectivity index (χ2n) is 3.03. The van der Waals surface area contributed by atoms with E-state index in [1.807, 2.05) is 0 Å². The number of carbonyl (C=O) groups excluding carboxylic acids is 1. The van der Waals surface area contributed by atoms with Gasteiger partial charge in [0.2, 0.25) is 0 Å². The standard InChI is InChI=1S/C9H8Cl2O4S/c1-15-9(12)5-3-8(16(2,13)14)7(11)4-6(5)10/h3-4H,1-2H3. The van der Waals surface area contributed by atoms with E-state index < -0.39 is 15.8 Å². The number of ether oxygens (including phenoxy) is 1. The first-order valence-corrected chi connectivity index (χ1v) is 6.69. The molecular formula is C9H8Cl2O4S. The van der Waals surface area contributed by atoms with Crippen LogP contribution < -0.4 is 0 Å². The van der Waals surface area contributed by atoms with Gasteiger partial charge >= 0.3 is 5.97 Å². The zero-order valence-corrected chi connectivity index (χ0v) is 10.8. The molecule has 0 bridgehead atoms. The SMILES string of the molecule is COC(=O)c1cc(S(C)(=O)=O)c(Cl)cc1Cl. The Hall–Kier alpha value is -0.780. The Bertz CT molecular complexity index is 537. The van der Waals surface area contributed by atoms with Crippen LogP contribution in [0.15, 0.2) is 17.0 Å². The number of rotatable bonds is 2. The van der Waals surface area contributed by atoms with Gasteiger partial charge in [0.05, 0.1) is 27.6 Å². The predicted octanol–water partition coefficient (Wildman–Crippen LogP) is 2.18. The van der Waals surface area contributed by atoms with Gasteiger partial charge in [0.25, 0.3) is 0 Å². The highest BCUT2D eigenvalue weighted by atomic mass is 35.5. The molecule has 4 nitrogen and oxygen atoms in total. The highest BCUT2D eigenvalue weighted by Gasteiger charge is 2.19. The Kier molecular flexibility index (Phi) is 3.83. The lowest BCUT2D eigenvalue weighted by molar-refractivity contribution is 0.0600. The molecule has 0 amide bonds. The molecule has 0 aliphatic carbocycles. The quantitative estimate of drug-likeness (QED) is 0.780. The molecule has 0 saturated carbocycles. The van der Waals surface area contributed by atoms with Crippen LogP contribution in [0, 0.1) is 0 Å². The van der Waals surface area contributed by atoms with E-state index in [1.165, 1.54) is 13.2 Å². The van der Waals surface area contributed by atoms with E-state index in [2.05, 4.69) is 4.74 Å². The van der Waals surface area contributed by atoms with Crippen molar-refractivity contribution in [3.8, 4) is 0 Å². The van der Waals surface area contributed by atoms with Gasteiger partial charge in [0.1, 0.15) is 0 Å². The molecule has 0 radical (unpaired) electrons. The molecule has 88 valence electrons. The molecule has 16 heavy (non-hydrogen) atoms. The Morgan fingerprint density at radius 2 is 1.81 bits per heavy atom. The minimum Gasteiger partial charge on any atom is -0.465 e. The van der Waals surface area contributed by atoms with Gasteiger partial charge in [-0.3, -0.25) is 0 Å². The highest BCUT2D eigenvalue weighted by molar-refractivity contribution is 7.90. The van der Waals surface area contributed by atoms with Gasteiger partial charge in [0, 0.05) is 6.26 Å². The molecule has 0 saturated heterocycles. The summed E-state index contributed by atoms with van der Waals surface area (Å²) in [6, 6.07) is 2.30. The van der Waals surface area contributed by atoms with E-state index in [4.69, 9.17) is 23.2 Å². The lowest BCUT2D eigenvalue weighted by Crippen LogP contribution is -2.06. The first-order chi connectivity index (χ1) is 7.27. The average Bonchev–Trinajstić information content (AvgIpc) is 2.14. The fraction of sp³-hybridized carbons (Fsp3) is 0.222. The highest BCUT2D eigenvalue weighted by Crippen LogP contribution is 2.28. The lowest BCUT2D eigenvalue weighted by atomic mass is 10.2. The summed E-state index contributed by atoms with van der Waals surface area (Å²) in [6.07, 6.45) is 0.989. The van der Waals surface area contributed by atoms with E-state index in [0.29, 0.717) is 0 Å². The third kappa shape index (κ3) is 2.66. The second-order valence-corrected chi connectivity index (χ2v) is 5.82. The molecule has 0 spiro atoms. The number of sulfone groups is 1. The molecule has 1 rings (SSSR count). The van der Waals surface area contributed by atoms with Crippen molar-refractivity contribution in [2.75, 3.05) is 13.4 Å². The lowest BCUT2D eigenvalue weighted by Gasteiger charge is -2.06. The van der Waals surface area contributed by atoms with Crippen LogP contribution in [0.2, 0.25) is 10.0 Å². The van der Waals surface area contributed by atoms with Crippen molar-refractivity contribution in [2.45, 2.75) is 4.90 Å². The molecule has 0 aliphatic heterocycles. The van der Waals surface area contributed by atoms with Crippen molar-refractivity contribution in [1.82, 2.24) is 0 Å². The summed E-state index contributed by atoms with van der Waals surface area (Å²) in [7, 11) is -2.34. The van der Waals surface area contributed by atoms with Crippen LogP contribution >= 0.6 is 23.2 Å². The Labute approximate surface area is 103 Å². The second kappa shape index (κ2) is 4.61.